The minimum absolute atomic E-state index is 0. The van der Waals surface area contributed by atoms with Crippen molar-refractivity contribution in [3.63, 3.8) is 0 Å². The maximum Gasteiger partial charge on any atom is 0.429 e. The zero-order chi connectivity index (χ0) is 13.2. The molecule has 1 aliphatic heterocycles. The first-order chi connectivity index (χ1) is 6.71. The molecule has 1 radical (unpaired) electrons. The van der Waals surface area contributed by atoms with Gasteiger partial charge in [-0.2, -0.15) is 26.3 Å². The molecule has 1 heterocycles. The molecule has 14 heteroatoms. The standard InChI is InChI=1S/C3HF6NO4S2.K/c4-1(5)2(6,7)15(11,12)10-16(13,14)3(1,8)9;/h10H;. The first kappa shape index (κ1) is 18.1. The smallest absolute Gasteiger partial charge is 0.205 e. The van der Waals surface area contributed by atoms with Crippen LogP contribution in [0, 0.1) is 0 Å². The maximum absolute atomic E-state index is 12.5. The van der Waals surface area contributed by atoms with Gasteiger partial charge in [-0.3, -0.25) is 0 Å². The number of sulfonamides is 2. The zero-order valence-corrected chi connectivity index (χ0v) is 12.5. The molecule has 97 valence electrons. The van der Waals surface area contributed by atoms with Crippen LogP contribution >= 0.6 is 0 Å². The Labute approximate surface area is 133 Å². The Balaban J connectivity index is 0.00000256. The van der Waals surface area contributed by atoms with Crippen LogP contribution in [0.3, 0.4) is 0 Å². The van der Waals surface area contributed by atoms with E-state index in [9.17, 15) is 43.2 Å². The van der Waals surface area contributed by atoms with Gasteiger partial charge in [0.05, 0.1) is 0 Å². The van der Waals surface area contributed by atoms with Gasteiger partial charge in [-0.15, -0.1) is 0 Å². The van der Waals surface area contributed by atoms with Crippen molar-refractivity contribution in [2.75, 3.05) is 0 Å². The number of nitrogens with one attached hydrogen (secondary N) is 1. The van der Waals surface area contributed by atoms with E-state index in [1.54, 1.807) is 0 Å². The van der Waals surface area contributed by atoms with Crippen LogP contribution in [0.25, 0.3) is 0 Å². The van der Waals surface area contributed by atoms with Crippen molar-refractivity contribution in [3.8, 4) is 0 Å². The molecule has 1 aliphatic rings. The van der Waals surface area contributed by atoms with Crippen LogP contribution in [0.4, 0.5) is 26.3 Å². The minimum atomic E-state index is -6.57. The van der Waals surface area contributed by atoms with Crippen LogP contribution in [-0.4, -0.2) is 84.7 Å². The number of halogens is 6. The van der Waals surface area contributed by atoms with Gasteiger partial charge < -0.3 is 0 Å². The molecular weight excluding hydrogens is 331 g/mol. The second-order valence-electron chi connectivity index (χ2n) is 2.70. The molecule has 1 saturated heterocycles. The molecule has 0 spiro atoms. The van der Waals surface area contributed by atoms with Gasteiger partial charge in [-0.05, 0) is 0 Å². The van der Waals surface area contributed by atoms with E-state index in [0.717, 1.165) is 0 Å². The summed E-state index contributed by atoms with van der Waals surface area (Å²) in [6.45, 7) is 0. The molecule has 0 aromatic carbocycles. The van der Waals surface area contributed by atoms with Crippen LogP contribution in [0.15, 0.2) is 0 Å². The summed E-state index contributed by atoms with van der Waals surface area (Å²) in [4.78, 5) is 0. The fourth-order valence-corrected chi connectivity index (χ4v) is 3.74. The minimum Gasteiger partial charge on any atom is -0.205 e. The average Bonchev–Trinajstić information content (AvgIpc) is 1.98. The SMILES string of the molecule is O=S1(=O)NS(=O)(=O)C(F)(F)C(F)(F)C1(F)F.[K]. The summed E-state index contributed by atoms with van der Waals surface area (Å²) in [5.41, 5.74) is 0. The Bertz CT molecular complexity index is 479. The molecule has 0 amide bonds. The van der Waals surface area contributed by atoms with Crippen LogP contribution in [0.5, 0.6) is 0 Å². The Hall–Kier alpha value is 1.08. The van der Waals surface area contributed by atoms with Gasteiger partial charge in [0.25, 0.3) is 20.0 Å². The van der Waals surface area contributed by atoms with Crippen molar-refractivity contribution in [2.24, 2.45) is 0 Å². The topological polar surface area (TPSA) is 80.3 Å². The Morgan fingerprint density at radius 2 is 0.941 bits per heavy atom. The van der Waals surface area contributed by atoms with E-state index in [2.05, 4.69) is 0 Å². The van der Waals surface area contributed by atoms with Gasteiger partial charge in [0, 0.05) is 51.4 Å². The van der Waals surface area contributed by atoms with Crippen molar-refractivity contribution < 1.29 is 43.2 Å². The third kappa shape index (κ3) is 2.09. The van der Waals surface area contributed by atoms with E-state index >= 15 is 0 Å². The van der Waals surface area contributed by atoms with Crippen molar-refractivity contribution >= 4 is 71.4 Å². The first-order valence-electron chi connectivity index (χ1n) is 3.12. The van der Waals surface area contributed by atoms with Crippen LogP contribution < -0.4 is 4.13 Å². The van der Waals surface area contributed by atoms with Gasteiger partial charge in [-0.25, -0.2) is 16.8 Å². The predicted molar refractivity (Wildman–Crippen MR) is 41.6 cm³/mol. The van der Waals surface area contributed by atoms with E-state index < -0.39 is 36.5 Å². The molecule has 0 saturated carbocycles. The van der Waals surface area contributed by atoms with Gasteiger partial charge in [0.1, 0.15) is 0 Å². The molecule has 17 heavy (non-hydrogen) atoms. The van der Waals surface area contributed by atoms with Crippen molar-refractivity contribution in [1.29, 1.82) is 0 Å². The Kier molecular flexibility index (Phi) is 4.56. The van der Waals surface area contributed by atoms with Gasteiger partial charge in [0.2, 0.25) is 0 Å². The summed E-state index contributed by atoms with van der Waals surface area (Å²) in [5, 5.41) is -12.5. The largest absolute Gasteiger partial charge is 0.429 e. The quantitative estimate of drug-likeness (QED) is 0.487. The van der Waals surface area contributed by atoms with Gasteiger partial charge in [-0.1, -0.05) is 4.13 Å². The van der Waals surface area contributed by atoms with E-state index in [1.165, 1.54) is 0 Å². The molecule has 0 aliphatic carbocycles. The zero-order valence-electron chi connectivity index (χ0n) is 7.72. The second-order valence-corrected chi connectivity index (χ2v) is 6.40. The van der Waals surface area contributed by atoms with Crippen molar-refractivity contribution in [3.05, 3.63) is 0 Å². The molecule has 1 N–H and O–H groups in total. The summed E-state index contributed by atoms with van der Waals surface area (Å²) in [6, 6.07) is 0. The normalized spacial score (nSPS) is 31.2. The molecule has 5 nitrogen and oxygen atoms in total. The average molecular weight is 332 g/mol. The number of hydrogen-bond acceptors (Lipinski definition) is 4. The molecule has 0 atom stereocenters. The van der Waals surface area contributed by atoms with Crippen molar-refractivity contribution in [1.82, 2.24) is 4.13 Å². The van der Waals surface area contributed by atoms with Crippen molar-refractivity contribution in [2.45, 2.75) is 16.4 Å². The molecule has 1 rings (SSSR count). The Morgan fingerprint density at radius 1 is 0.706 bits per heavy atom. The second kappa shape index (κ2) is 4.29. The number of rotatable bonds is 0. The third-order valence-corrected chi connectivity index (χ3v) is 5.24. The summed E-state index contributed by atoms with van der Waals surface area (Å²) in [5.74, 6) is -6.57. The van der Waals surface area contributed by atoms with Crippen LogP contribution in [0.1, 0.15) is 0 Å². The maximum atomic E-state index is 12.5. The molecule has 0 bridgehead atoms. The summed E-state index contributed by atoms with van der Waals surface area (Å²) >= 11 is 0. The molecule has 1 fully saturated rings. The Morgan fingerprint density at radius 3 is 1.18 bits per heavy atom. The molecular formula is C3HF6KNO4S2. The van der Waals surface area contributed by atoms with Crippen LogP contribution in [0.2, 0.25) is 0 Å². The van der Waals surface area contributed by atoms with E-state index in [1.807, 2.05) is 0 Å². The fraction of sp³-hybridized carbons (Fsp3) is 1.00. The summed E-state index contributed by atoms with van der Waals surface area (Å²) < 4.78 is 116. The van der Waals surface area contributed by atoms with Gasteiger partial charge >= 0.3 is 16.4 Å². The molecule has 0 unspecified atom stereocenters. The monoisotopic (exact) mass is 332 g/mol. The molecule has 0 aromatic heterocycles. The predicted octanol–water partition coefficient (Wildman–Crippen LogP) is -0.311. The fourth-order valence-electron chi connectivity index (χ4n) is 0.756. The number of hydrogen-bond donors (Lipinski definition) is 1. The van der Waals surface area contributed by atoms with E-state index in [-0.39, 0.29) is 55.5 Å². The molecule has 0 aromatic rings. The number of alkyl halides is 6. The summed E-state index contributed by atoms with van der Waals surface area (Å²) in [7, 11) is -12.9. The van der Waals surface area contributed by atoms with E-state index in [0.29, 0.717) is 0 Å². The van der Waals surface area contributed by atoms with Gasteiger partial charge in [0.15, 0.2) is 0 Å². The summed E-state index contributed by atoms with van der Waals surface area (Å²) in [6.07, 6.45) is 0. The third-order valence-electron chi connectivity index (χ3n) is 1.63. The van der Waals surface area contributed by atoms with E-state index in [4.69, 9.17) is 0 Å². The van der Waals surface area contributed by atoms with Crippen LogP contribution in [-0.2, 0) is 20.0 Å². The first-order valence-corrected chi connectivity index (χ1v) is 6.08.